The van der Waals surface area contributed by atoms with E-state index in [1.54, 1.807) is 18.3 Å². The van der Waals surface area contributed by atoms with Crippen LogP contribution in [0.3, 0.4) is 0 Å². The van der Waals surface area contributed by atoms with Crippen LogP contribution in [0, 0.1) is 0 Å². The number of hydrogen-bond acceptors (Lipinski definition) is 4. The molecule has 1 aromatic carbocycles. The molecule has 0 saturated carbocycles. The second kappa shape index (κ2) is 5.50. The maximum absolute atomic E-state index is 9.48. The highest BCUT2D eigenvalue weighted by atomic mass is 16.5. The van der Waals surface area contributed by atoms with Crippen molar-refractivity contribution in [3.05, 3.63) is 30.5 Å². The first-order valence-electron chi connectivity index (χ1n) is 5.70. The molecule has 2 rings (SSSR count). The van der Waals surface area contributed by atoms with Gasteiger partial charge in [-0.3, -0.25) is 0 Å². The summed E-state index contributed by atoms with van der Waals surface area (Å²) in [5.41, 5.74) is 0. The van der Waals surface area contributed by atoms with Crippen LogP contribution in [0.25, 0.3) is 10.8 Å². The van der Waals surface area contributed by atoms with Crippen LogP contribution in [-0.4, -0.2) is 29.8 Å². The highest BCUT2D eigenvalue weighted by molar-refractivity contribution is 5.92. The van der Waals surface area contributed by atoms with E-state index in [2.05, 4.69) is 10.3 Å². The SMILES string of the molecule is CCOCCNc1nccc2ccc(O)cc12. The van der Waals surface area contributed by atoms with E-state index < -0.39 is 0 Å². The van der Waals surface area contributed by atoms with E-state index in [0.717, 1.165) is 16.6 Å². The molecule has 0 amide bonds. The van der Waals surface area contributed by atoms with Crippen LogP contribution in [0.5, 0.6) is 5.75 Å². The Hall–Kier alpha value is -1.81. The molecule has 4 heteroatoms. The molecule has 0 unspecified atom stereocenters. The number of phenolic OH excluding ortho intramolecular Hbond substituents is 1. The van der Waals surface area contributed by atoms with E-state index in [1.165, 1.54) is 0 Å². The van der Waals surface area contributed by atoms with Crippen molar-refractivity contribution in [1.29, 1.82) is 0 Å². The molecule has 17 heavy (non-hydrogen) atoms. The number of hydrogen-bond donors (Lipinski definition) is 2. The van der Waals surface area contributed by atoms with Gasteiger partial charge in [-0.1, -0.05) is 6.07 Å². The minimum atomic E-state index is 0.248. The fourth-order valence-electron chi connectivity index (χ4n) is 1.68. The first kappa shape index (κ1) is 11.7. The first-order chi connectivity index (χ1) is 8.31. The van der Waals surface area contributed by atoms with E-state index in [9.17, 15) is 5.11 Å². The summed E-state index contributed by atoms with van der Waals surface area (Å²) in [6, 6.07) is 7.18. The van der Waals surface area contributed by atoms with Gasteiger partial charge in [0.1, 0.15) is 11.6 Å². The number of aromatic nitrogens is 1. The zero-order chi connectivity index (χ0) is 12.1. The molecule has 1 heterocycles. The van der Waals surface area contributed by atoms with Crippen LogP contribution in [0.15, 0.2) is 30.5 Å². The molecular weight excluding hydrogens is 216 g/mol. The summed E-state index contributed by atoms with van der Waals surface area (Å²) >= 11 is 0. The molecular formula is C13H16N2O2. The Morgan fingerprint density at radius 1 is 1.35 bits per heavy atom. The monoisotopic (exact) mass is 232 g/mol. The Labute approximate surface area is 100 Å². The Balaban J connectivity index is 2.18. The van der Waals surface area contributed by atoms with Crippen molar-refractivity contribution in [3.8, 4) is 5.75 Å². The summed E-state index contributed by atoms with van der Waals surface area (Å²) in [5.74, 6) is 1.02. The summed E-state index contributed by atoms with van der Waals surface area (Å²) < 4.78 is 5.25. The summed E-state index contributed by atoms with van der Waals surface area (Å²) in [7, 11) is 0. The molecule has 0 radical (unpaired) electrons. The number of rotatable bonds is 5. The largest absolute Gasteiger partial charge is 0.508 e. The van der Waals surface area contributed by atoms with E-state index in [1.807, 2.05) is 19.1 Å². The Morgan fingerprint density at radius 2 is 2.24 bits per heavy atom. The first-order valence-corrected chi connectivity index (χ1v) is 5.70. The van der Waals surface area contributed by atoms with Gasteiger partial charge < -0.3 is 15.2 Å². The lowest BCUT2D eigenvalue weighted by Gasteiger charge is -2.08. The normalized spacial score (nSPS) is 10.6. The molecule has 0 bridgehead atoms. The fraction of sp³-hybridized carbons (Fsp3) is 0.308. The fourth-order valence-corrected chi connectivity index (χ4v) is 1.68. The third-order valence-electron chi connectivity index (χ3n) is 2.49. The number of aromatic hydroxyl groups is 1. The van der Waals surface area contributed by atoms with Gasteiger partial charge in [-0.2, -0.15) is 0 Å². The molecule has 0 atom stereocenters. The van der Waals surface area contributed by atoms with Crippen LogP contribution in [-0.2, 0) is 4.74 Å². The molecule has 0 aliphatic heterocycles. The zero-order valence-corrected chi connectivity index (χ0v) is 9.81. The molecule has 1 aromatic heterocycles. The molecule has 90 valence electrons. The predicted molar refractivity (Wildman–Crippen MR) is 68.4 cm³/mol. The van der Waals surface area contributed by atoms with Crippen molar-refractivity contribution in [2.75, 3.05) is 25.1 Å². The number of pyridine rings is 1. The Morgan fingerprint density at radius 3 is 3.06 bits per heavy atom. The number of ether oxygens (including phenoxy) is 1. The maximum atomic E-state index is 9.48. The lowest BCUT2D eigenvalue weighted by molar-refractivity contribution is 0.158. The molecule has 2 aromatic rings. The number of phenols is 1. The second-order valence-electron chi connectivity index (χ2n) is 3.69. The van der Waals surface area contributed by atoms with Crippen molar-refractivity contribution >= 4 is 16.6 Å². The molecule has 0 aliphatic rings. The van der Waals surface area contributed by atoms with Crippen LogP contribution >= 0.6 is 0 Å². The lowest BCUT2D eigenvalue weighted by atomic mass is 10.1. The van der Waals surface area contributed by atoms with Gasteiger partial charge in [0.05, 0.1) is 6.61 Å². The molecule has 0 aliphatic carbocycles. The standard InChI is InChI=1S/C13H16N2O2/c1-2-17-8-7-15-13-12-9-11(16)4-3-10(12)5-6-14-13/h3-6,9,16H,2,7-8H2,1H3,(H,14,15). The topological polar surface area (TPSA) is 54.4 Å². The summed E-state index contributed by atoms with van der Waals surface area (Å²) in [4.78, 5) is 4.27. The predicted octanol–water partition coefficient (Wildman–Crippen LogP) is 2.39. The van der Waals surface area contributed by atoms with Gasteiger partial charge >= 0.3 is 0 Å². The third-order valence-corrected chi connectivity index (χ3v) is 2.49. The van der Waals surface area contributed by atoms with E-state index in [-0.39, 0.29) is 5.75 Å². The van der Waals surface area contributed by atoms with Crippen LogP contribution < -0.4 is 5.32 Å². The highest BCUT2D eigenvalue weighted by Gasteiger charge is 2.02. The molecule has 0 saturated heterocycles. The molecule has 2 N–H and O–H groups in total. The number of benzene rings is 1. The number of anilines is 1. The van der Waals surface area contributed by atoms with E-state index in [4.69, 9.17) is 4.74 Å². The van der Waals surface area contributed by atoms with Gasteiger partial charge in [0.15, 0.2) is 0 Å². The minimum absolute atomic E-state index is 0.248. The van der Waals surface area contributed by atoms with Gasteiger partial charge in [0.25, 0.3) is 0 Å². The number of fused-ring (bicyclic) bond motifs is 1. The van der Waals surface area contributed by atoms with E-state index >= 15 is 0 Å². The smallest absolute Gasteiger partial charge is 0.134 e. The summed E-state index contributed by atoms with van der Waals surface area (Å²) in [6.07, 6.45) is 1.75. The molecule has 0 spiro atoms. The third kappa shape index (κ3) is 2.85. The van der Waals surface area contributed by atoms with Gasteiger partial charge in [0, 0.05) is 24.7 Å². The average Bonchev–Trinajstić information content (AvgIpc) is 2.35. The van der Waals surface area contributed by atoms with Gasteiger partial charge in [-0.15, -0.1) is 0 Å². The summed E-state index contributed by atoms with van der Waals surface area (Å²) in [5, 5.41) is 14.7. The minimum Gasteiger partial charge on any atom is -0.508 e. The molecule has 0 fully saturated rings. The highest BCUT2D eigenvalue weighted by Crippen LogP contribution is 2.24. The Bertz CT molecular complexity index is 500. The van der Waals surface area contributed by atoms with Crippen molar-refractivity contribution in [3.63, 3.8) is 0 Å². The molecule has 4 nitrogen and oxygen atoms in total. The van der Waals surface area contributed by atoms with Gasteiger partial charge in [-0.05, 0) is 30.5 Å². The average molecular weight is 232 g/mol. The summed E-state index contributed by atoms with van der Waals surface area (Å²) in [6.45, 7) is 4.03. The van der Waals surface area contributed by atoms with Gasteiger partial charge in [-0.25, -0.2) is 4.98 Å². The number of nitrogens with zero attached hydrogens (tertiary/aromatic N) is 1. The van der Waals surface area contributed by atoms with Crippen molar-refractivity contribution in [2.45, 2.75) is 6.92 Å². The van der Waals surface area contributed by atoms with E-state index in [0.29, 0.717) is 19.8 Å². The maximum Gasteiger partial charge on any atom is 0.134 e. The van der Waals surface area contributed by atoms with Gasteiger partial charge in [0.2, 0.25) is 0 Å². The zero-order valence-electron chi connectivity index (χ0n) is 9.81. The van der Waals surface area contributed by atoms with Crippen molar-refractivity contribution < 1.29 is 9.84 Å². The van der Waals surface area contributed by atoms with Crippen molar-refractivity contribution in [1.82, 2.24) is 4.98 Å². The Kier molecular flexibility index (Phi) is 3.77. The van der Waals surface area contributed by atoms with Crippen LogP contribution in [0.1, 0.15) is 6.92 Å². The second-order valence-corrected chi connectivity index (χ2v) is 3.69. The van der Waals surface area contributed by atoms with Crippen LogP contribution in [0.4, 0.5) is 5.82 Å². The van der Waals surface area contributed by atoms with Crippen LogP contribution in [0.2, 0.25) is 0 Å². The van der Waals surface area contributed by atoms with Crippen molar-refractivity contribution in [2.24, 2.45) is 0 Å². The lowest BCUT2D eigenvalue weighted by Crippen LogP contribution is -2.10. The quantitative estimate of drug-likeness (QED) is 0.777. The number of nitrogens with one attached hydrogen (secondary N) is 1.